The Kier molecular flexibility index (Phi) is 25.6. The van der Waals surface area contributed by atoms with Crippen LogP contribution in [0.2, 0.25) is 0 Å². The molecule has 2 atom stereocenters. The molecule has 0 heterocycles. The summed E-state index contributed by atoms with van der Waals surface area (Å²) in [4.78, 5) is 11.9. The fraction of sp³-hybridized carbons (Fsp3) is 0.833. The van der Waals surface area contributed by atoms with Crippen LogP contribution in [0.4, 0.5) is 0 Å². The number of amides is 1. The number of nitrogens with one attached hydrogen (secondary N) is 1. The molecule has 0 rings (SSSR count). The number of rotatable bonds is 25. The molecular weight excluding hydrogens is 422 g/mol. The highest BCUT2D eigenvalue weighted by Gasteiger charge is 2.17. The van der Waals surface area contributed by atoms with E-state index in [1.807, 2.05) is 6.08 Å². The van der Waals surface area contributed by atoms with Crippen LogP contribution in [0.15, 0.2) is 24.3 Å². The standard InChI is InChI=1S/C30H57NO3/c1-3-5-7-8-9-10-11-12-13-14-15-16-17-18-19-20-21-22-24-25-29(33)28(27-32)31-30(34)26-23-6-4-2/h19-20,24-25,28-29,32-33H,3-18,21-23,26-27H2,1-2H3,(H,31,34)/b20-19+,25-24+. The highest BCUT2D eigenvalue weighted by Crippen LogP contribution is 2.13. The molecule has 0 aromatic carbocycles. The number of aliphatic hydroxyl groups excluding tert-OH is 2. The Hall–Kier alpha value is -1.13. The smallest absolute Gasteiger partial charge is 0.220 e. The van der Waals surface area contributed by atoms with Crippen molar-refractivity contribution in [2.24, 2.45) is 0 Å². The van der Waals surface area contributed by atoms with E-state index in [2.05, 4.69) is 31.3 Å². The summed E-state index contributed by atoms with van der Waals surface area (Å²) in [7, 11) is 0. The number of carbonyl (C=O) groups excluding carboxylic acids is 1. The Bertz CT molecular complexity index is 489. The van der Waals surface area contributed by atoms with Crippen LogP contribution in [0.5, 0.6) is 0 Å². The Morgan fingerprint density at radius 3 is 1.71 bits per heavy atom. The molecule has 0 saturated heterocycles. The van der Waals surface area contributed by atoms with Gasteiger partial charge in [-0.25, -0.2) is 0 Å². The second kappa shape index (κ2) is 26.5. The molecule has 34 heavy (non-hydrogen) atoms. The van der Waals surface area contributed by atoms with Crippen molar-refractivity contribution in [2.45, 2.75) is 154 Å². The van der Waals surface area contributed by atoms with Gasteiger partial charge in [-0.1, -0.05) is 128 Å². The summed E-state index contributed by atoms with van der Waals surface area (Å²) in [6.07, 6.45) is 31.7. The molecule has 0 aliphatic heterocycles. The van der Waals surface area contributed by atoms with Gasteiger partial charge >= 0.3 is 0 Å². The van der Waals surface area contributed by atoms with Crippen molar-refractivity contribution in [1.82, 2.24) is 5.32 Å². The predicted octanol–water partition coefficient (Wildman–Crippen LogP) is 7.78. The van der Waals surface area contributed by atoms with Crippen LogP contribution in [0.3, 0.4) is 0 Å². The molecule has 0 fully saturated rings. The number of unbranched alkanes of at least 4 members (excludes halogenated alkanes) is 16. The number of hydrogen-bond donors (Lipinski definition) is 3. The predicted molar refractivity (Wildman–Crippen MR) is 147 cm³/mol. The van der Waals surface area contributed by atoms with E-state index in [1.54, 1.807) is 6.08 Å². The Labute approximate surface area is 211 Å². The van der Waals surface area contributed by atoms with Gasteiger partial charge < -0.3 is 15.5 Å². The van der Waals surface area contributed by atoms with Gasteiger partial charge in [0.1, 0.15) is 0 Å². The quantitative estimate of drug-likeness (QED) is 0.0924. The van der Waals surface area contributed by atoms with E-state index in [0.717, 1.165) is 38.5 Å². The molecule has 0 aliphatic rings. The minimum atomic E-state index is -0.852. The van der Waals surface area contributed by atoms with Crippen LogP contribution < -0.4 is 5.32 Å². The number of allylic oxidation sites excluding steroid dienone is 3. The second-order valence-corrected chi connectivity index (χ2v) is 9.81. The van der Waals surface area contributed by atoms with Gasteiger partial charge in [0.15, 0.2) is 0 Å². The molecule has 3 N–H and O–H groups in total. The molecule has 2 unspecified atom stereocenters. The van der Waals surface area contributed by atoms with Crippen molar-refractivity contribution < 1.29 is 15.0 Å². The maximum atomic E-state index is 11.9. The first kappa shape index (κ1) is 32.9. The van der Waals surface area contributed by atoms with Crippen molar-refractivity contribution in [3.63, 3.8) is 0 Å². The topological polar surface area (TPSA) is 69.6 Å². The van der Waals surface area contributed by atoms with Crippen LogP contribution in [0.25, 0.3) is 0 Å². The molecular formula is C30H57NO3. The van der Waals surface area contributed by atoms with Gasteiger partial charge in [0.05, 0.1) is 18.8 Å². The first-order chi connectivity index (χ1) is 16.7. The molecule has 0 aliphatic carbocycles. The van der Waals surface area contributed by atoms with Crippen molar-refractivity contribution in [2.75, 3.05) is 6.61 Å². The first-order valence-electron chi connectivity index (χ1n) is 14.6. The second-order valence-electron chi connectivity index (χ2n) is 9.81. The van der Waals surface area contributed by atoms with Crippen molar-refractivity contribution >= 4 is 5.91 Å². The fourth-order valence-corrected chi connectivity index (χ4v) is 4.13. The zero-order valence-electron chi connectivity index (χ0n) is 22.6. The molecule has 4 nitrogen and oxygen atoms in total. The minimum Gasteiger partial charge on any atom is -0.394 e. The van der Waals surface area contributed by atoms with E-state index in [-0.39, 0.29) is 12.5 Å². The normalized spacial score (nSPS) is 13.6. The molecule has 0 aromatic heterocycles. The van der Waals surface area contributed by atoms with Crippen LogP contribution in [0, 0.1) is 0 Å². The average Bonchev–Trinajstić information content (AvgIpc) is 2.84. The molecule has 0 aromatic rings. The summed E-state index contributed by atoms with van der Waals surface area (Å²) in [6.45, 7) is 4.11. The number of aliphatic hydroxyl groups is 2. The summed E-state index contributed by atoms with van der Waals surface area (Å²) < 4.78 is 0. The van der Waals surface area contributed by atoms with Gasteiger partial charge in [0, 0.05) is 6.42 Å². The van der Waals surface area contributed by atoms with E-state index in [9.17, 15) is 15.0 Å². The molecule has 0 bridgehead atoms. The van der Waals surface area contributed by atoms with Crippen molar-refractivity contribution in [3.05, 3.63) is 24.3 Å². The zero-order valence-corrected chi connectivity index (χ0v) is 22.6. The van der Waals surface area contributed by atoms with Gasteiger partial charge in [-0.3, -0.25) is 4.79 Å². The monoisotopic (exact) mass is 479 g/mol. The van der Waals surface area contributed by atoms with E-state index in [0.29, 0.717) is 6.42 Å². The average molecular weight is 480 g/mol. The largest absolute Gasteiger partial charge is 0.394 e. The van der Waals surface area contributed by atoms with Crippen molar-refractivity contribution in [3.8, 4) is 0 Å². The summed E-state index contributed by atoms with van der Waals surface area (Å²) in [5.74, 6) is -0.101. The van der Waals surface area contributed by atoms with Crippen LogP contribution in [-0.2, 0) is 4.79 Å². The highest BCUT2D eigenvalue weighted by atomic mass is 16.3. The van der Waals surface area contributed by atoms with Gasteiger partial charge in [0.25, 0.3) is 0 Å². The zero-order chi connectivity index (χ0) is 25.1. The summed E-state index contributed by atoms with van der Waals surface area (Å²) in [5, 5.41) is 22.4. The highest BCUT2D eigenvalue weighted by molar-refractivity contribution is 5.76. The van der Waals surface area contributed by atoms with Gasteiger partial charge in [-0.15, -0.1) is 0 Å². The Morgan fingerprint density at radius 1 is 0.676 bits per heavy atom. The molecule has 0 radical (unpaired) electrons. The van der Waals surface area contributed by atoms with Crippen LogP contribution in [0.1, 0.15) is 142 Å². The van der Waals surface area contributed by atoms with Gasteiger partial charge in [-0.05, 0) is 32.1 Å². The fourth-order valence-electron chi connectivity index (χ4n) is 4.13. The number of hydrogen-bond acceptors (Lipinski definition) is 3. The third-order valence-corrected chi connectivity index (χ3v) is 6.44. The van der Waals surface area contributed by atoms with E-state index >= 15 is 0 Å². The maximum absolute atomic E-state index is 11.9. The first-order valence-corrected chi connectivity index (χ1v) is 14.6. The lowest BCUT2D eigenvalue weighted by atomic mass is 10.0. The van der Waals surface area contributed by atoms with Crippen LogP contribution in [-0.4, -0.2) is 34.9 Å². The Balaban J connectivity index is 3.58. The van der Waals surface area contributed by atoms with Crippen molar-refractivity contribution in [1.29, 1.82) is 0 Å². The summed E-state index contributed by atoms with van der Waals surface area (Å²) in [6, 6.07) is -0.628. The molecule has 0 spiro atoms. The van der Waals surface area contributed by atoms with Crippen LogP contribution >= 0.6 is 0 Å². The summed E-state index contributed by atoms with van der Waals surface area (Å²) >= 11 is 0. The lowest BCUT2D eigenvalue weighted by molar-refractivity contribution is -0.123. The third kappa shape index (κ3) is 22.7. The molecule has 200 valence electrons. The van der Waals surface area contributed by atoms with E-state index in [4.69, 9.17) is 0 Å². The van der Waals surface area contributed by atoms with E-state index < -0.39 is 12.1 Å². The lowest BCUT2D eigenvalue weighted by Gasteiger charge is -2.19. The maximum Gasteiger partial charge on any atom is 0.220 e. The molecule has 1 amide bonds. The third-order valence-electron chi connectivity index (χ3n) is 6.44. The molecule has 4 heteroatoms. The van der Waals surface area contributed by atoms with Gasteiger partial charge in [-0.2, -0.15) is 0 Å². The van der Waals surface area contributed by atoms with Gasteiger partial charge in [0.2, 0.25) is 5.91 Å². The SMILES string of the molecule is CCCCCCCCCCCCCCC/C=C/CC/C=C/C(O)C(CO)NC(=O)CCCCC. The van der Waals surface area contributed by atoms with E-state index in [1.165, 1.54) is 83.5 Å². The summed E-state index contributed by atoms with van der Waals surface area (Å²) in [5.41, 5.74) is 0. The lowest BCUT2D eigenvalue weighted by Crippen LogP contribution is -2.45. The Morgan fingerprint density at radius 2 is 1.15 bits per heavy atom. The molecule has 0 saturated carbocycles. The minimum absolute atomic E-state index is 0.101. The number of carbonyl (C=O) groups is 1.